The van der Waals surface area contributed by atoms with E-state index >= 15 is 0 Å². The predicted molar refractivity (Wildman–Crippen MR) is 85.1 cm³/mol. The molecule has 1 aromatic carbocycles. The zero-order valence-corrected chi connectivity index (χ0v) is 14.3. The molecule has 0 aliphatic rings. The van der Waals surface area contributed by atoms with Gasteiger partial charge in [-0.15, -0.1) is 0 Å². The summed E-state index contributed by atoms with van der Waals surface area (Å²) in [6.45, 7) is 4.58. The minimum absolute atomic E-state index is 0.0438. The molecule has 0 bridgehead atoms. The Bertz CT molecular complexity index is 558. The van der Waals surface area contributed by atoms with Gasteiger partial charge in [0.25, 0.3) is 0 Å². The summed E-state index contributed by atoms with van der Waals surface area (Å²) >= 11 is 0. The summed E-state index contributed by atoms with van der Waals surface area (Å²) in [7, 11) is 1.38. The molecule has 1 atom stereocenters. The number of rotatable bonds is 8. The Labute approximate surface area is 128 Å². The Morgan fingerprint density at radius 3 is 2.57 bits per heavy atom. The third-order valence-corrected chi connectivity index (χ3v) is 5.59. The van der Waals surface area contributed by atoms with Crippen LogP contribution in [0.1, 0.15) is 32.3 Å². The van der Waals surface area contributed by atoms with Crippen LogP contribution in [0.5, 0.6) is 5.75 Å². The molecule has 0 saturated carbocycles. The topological polar surface area (TPSA) is 58.6 Å². The molecule has 0 spiro atoms. The van der Waals surface area contributed by atoms with Gasteiger partial charge < -0.3 is 10.1 Å². The van der Waals surface area contributed by atoms with E-state index in [2.05, 4.69) is 5.32 Å². The fraction of sp³-hybridized carbons (Fsp3) is 0.600. The molecule has 1 aromatic rings. The van der Waals surface area contributed by atoms with Crippen molar-refractivity contribution in [2.75, 3.05) is 21.2 Å². The van der Waals surface area contributed by atoms with E-state index in [-0.39, 0.29) is 10.9 Å². The first-order valence-corrected chi connectivity index (χ1v) is 8.62. The average molecular weight is 314 g/mol. The second-order valence-corrected chi connectivity index (χ2v) is 7.14. The van der Waals surface area contributed by atoms with Crippen molar-refractivity contribution in [3.05, 3.63) is 23.8 Å². The maximum absolute atomic E-state index is 12.8. The summed E-state index contributed by atoms with van der Waals surface area (Å²) in [5.41, 5.74) is 0.911. The van der Waals surface area contributed by atoms with Crippen molar-refractivity contribution < 1.29 is 13.2 Å². The predicted octanol–water partition coefficient (Wildman–Crippen LogP) is 2.22. The minimum atomic E-state index is -3.56. The van der Waals surface area contributed by atoms with Crippen LogP contribution in [-0.2, 0) is 16.6 Å². The normalized spacial score (nSPS) is 13.4. The second-order valence-electron chi connectivity index (χ2n) is 5.17. The Hall–Kier alpha value is -1.11. The molecule has 0 aliphatic carbocycles. The smallest absolute Gasteiger partial charge is 0.246 e. The van der Waals surface area contributed by atoms with Gasteiger partial charge in [-0.05, 0) is 38.1 Å². The first-order chi connectivity index (χ1) is 9.88. The standard InChI is InChI=1S/C15H26N2O3S/c1-6-7-12(2)17(4)21(18,19)15-10-13(11-16-3)8-9-14(15)20-5/h8-10,12,16H,6-7,11H2,1-5H3. The number of nitrogens with one attached hydrogen (secondary N) is 1. The lowest BCUT2D eigenvalue weighted by atomic mass is 10.2. The highest BCUT2D eigenvalue weighted by Crippen LogP contribution is 2.28. The molecule has 1 rings (SSSR count). The zero-order valence-electron chi connectivity index (χ0n) is 13.5. The molecule has 0 aliphatic heterocycles. The van der Waals surface area contributed by atoms with Crippen molar-refractivity contribution in [2.45, 2.75) is 44.2 Å². The summed E-state index contributed by atoms with van der Waals surface area (Å²) < 4.78 is 32.3. The van der Waals surface area contributed by atoms with Crippen LogP contribution in [0, 0.1) is 0 Å². The first-order valence-electron chi connectivity index (χ1n) is 7.18. The van der Waals surface area contributed by atoms with Crippen molar-refractivity contribution in [2.24, 2.45) is 0 Å². The van der Waals surface area contributed by atoms with Crippen molar-refractivity contribution >= 4 is 10.0 Å². The molecule has 0 amide bonds. The Morgan fingerprint density at radius 2 is 2.05 bits per heavy atom. The van der Waals surface area contributed by atoms with Crippen LogP contribution in [0.3, 0.4) is 0 Å². The van der Waals surface area contributed by atoms with Crippen LogP contribution < -0.4 is 10.1 Å². The summed E-state index contributed by atoms with van der Waals surface area (Å²) in [4.78, 5) is 0.225. The third-order valence-electron chi connectivity index (χ3n) is 3.59. The summed E-state index contributed by atoms with van der Waals surface area (Å²) in [6.07, 6.45) is 1.77. The van der Waals surface area contributed by atoms with Crippen LogP contribution in [0.15, 0.2) is 23.1 Å². The zero-order chi connectivity index (χ0) is 16.0. The molecule has 0 radical (unpaired) electrons. The fourth-order valence-electron chi connectivity index (χ4n) is 2.23. The lowest BCUT2D eigenvalue weighted by Crippen LogP contribution is -2.35. The Morgan fingerprint density at radius 1 is 1.38 bits per heavy atom. The number of hydrogen-bond donors (Lipinski definition) is 1. The quantitative estimate of drug-likeness (QED) is 0.799. The van der Waals surface area contributed by atoms with Gasteiger partial charge in [-0.1, -0.05) is 19.4 Å². The maximum Gasteiger partial charge on any atom is 0.246 e. The van der Waals surface area contributed by atoms with Crippen molar-refractivity contribution in [1.29, 1.82) is 0 Å². The van der Waals surface area contributed by atoms with E-state index in [4.69, 9.17) is 4.74 Å². The summed E-state index contributed by atoms with van der Waals surface area (Å²) in [5, 5.41) is 3.02. The molecule has 120 valence electrons. The lowest BCUT2D eigenvalue weighted by Gasteiger charge is -2.25. The fourth-order valence-corrected chi connectivity index (χ4v) is 3.82. The molecule has 21 heavy (non-hydrogen) atoms. The number of sulfonamides is 1. The van der Waals surface area contributed by atoms with Crippen LogP contribution in [0.25, 0.3) is 0 Å². The van der Waals surface area contributed by atoms with E-state index < -0.39 is 10.0 Å². The van der Waals surface area contributed by atoms with E-state index in [1.54, 1.807) is 19.2 Å². The highest BCUT2D eigenvalue weighted by molar-refractivity contribution is 7.89. The number of benzene rings is 1. The van der Waals surface area contributed by atoms with Gasteiger partial charge in [0, 0.05) is 19.6 Å². The number of nitrogens with zero attached hydrogens (tertiary/aromatic N) is 1. The third kappa shape index (κ3) is 4.18. The van der Waals surface area contributed by atoms with E-state index in [9.17, 15) is 8.42 Å². The van der Waals surface area contributed by atoms with Crippen LogP contribution in [0.4, 0.5) is 0 Å². The van der Waals surface area contributed by atoms with Gasteiger partial charge in [-0.3, -0.25) is 0 Å². The molecular formula is C15H26N2O3S. The first kappa shape index (κ1) is 17.9. The van der Waals surface area contributed by atoms with E-state index in [0.29, 0.717) is 12.3 Å². The average Bonchev–Trinajstić information content (AvgIpc) is 2.47. The summed E-state index contributed by atoms with van der Waals surface area (Å²) in [6, 6.07) is 5.21. The van der Waals surface area contributed by atoms with E-state index in [1.165, 1.54) is 11.4 Å². The number of ether oxygens (including phenoxy) is 1. The van der Waals surface area contributed by atoms with Crippen molar-refractivity contribution in [3.8, 4) is 5.75 Å². The minimum Gasteiger partial charge on any atom is -0.495 e. The number of methoxy groups -OCH3 is 1. The molecule has 1 N–H and O–H groups in total. The van der Waals surface area contributed by atoms with Gasteiger partial charge >= 0.3 is 0 Å². The molecule has 0 heterocycles. The molecule has 1 unspecified atom stereocenters. The lowest BCUT2D eigenvalue weighted by molar-refractivity contribution is 0.362. The van der Waals surface area contributed by atoms with E-state index in [1.807, 2.05) is 27.0 Å². The Balaban J connectivity index is 3.25. The summed E-state index contributed by atoms with van der Waals surface area (Å²) in [5.74, 6) is 0.380. The van der Waals surface area contributed by atoms with Gasteiger partial charge in [-0.2, -0.15) is 4.31 Å². The second kappa shape index (κ2) is 7.77. The SMILES string of the molecule is CCCC(C)N(C)S(=O)(=O)c1cc(CNC)ccc1OC. The van der Waals surface area contributed by atoms with Crippen LogP contribution in [-0.4, -0.2) is 40.0 Å². The van der Waals surface area contributed by atoms with Gasteiger partial charge in [0.15, 0.2) is 0 Å². The van der Waals surface area contributed by atoms with Crippen molar-refractivity contribution in [1.82, 2.24) is 9.62 Å². The number of hydrogen-bond acceptors (Lipinski definition) is 4. The van der Waals surface area contributed by atoms with Gasteiger partial charge in [-0.25, -0.2) is 8.42 Å². The van der Waals surface area contributed by atoms with Gasteiger partial charge in [0.1, 0.15) is 10.6 Å². The highest BCUT2D eigenvalue weighted by Gasteiger charge is 2.28. The molecule has 0 aromatic heterocycles. The Kier molecular flexibility index (Phi) is 6.64. The molecular weight excluding hydrogens is 288 g/mol. The monoisotopic (exact) mass is 314 g/mol. The van der Waals surface area contributed by atoms with Crippen LogP contribution in [0.2, 0.25) is 0 Å². The van der Waals surface area contributed by atoms with Crippen LogP contribution >= 0.6 is 0 Å². The molecule has 6 heteroatoms. The van der Waals surface area contributed by atoms with Crippen molar-refractivity contribution in [3.63, 3.8) is 0 Å². The highest BCUT2D eigenvalue weighted by atomic mass is 32.2. The molecule has 0 saturated heterocycles. The largest absolute Gasteiger partial charge is 0.495 e. The van der Waals surface area contributed by atoms with E-state index in [0.717, 1.165) is 18.4 Å². The molecule has 0 fully saturated rings. The van der Waals surface area contributed by atoms with Gasteiger partial charge in [0.05, 0.1) is 7.11 Å². The molecule has 5 nitrogen and oxygen atoms in total. The maximum atomic E-state index is 12.8. The van der Waals surface area contributed by atoms with Gasteiger partial charge in [0.2, 0.25) is 10.0 Å².